The van der Waals surface area contributed by atoms with Crippen molar-refractivity contribution in [2.75, 3.05) is 13.7 Å². The monoisotopic (exact) mass is 326 g/mol. The maximum absolute atomic E-state index is 12.3. The Labute approximate surface area is 139 Å². The predicted molar refractivity (Wildman–Crippen MR) is 91.6 cm³/mol. The average Bonchev–Trinajstić information content (AvgIpc) is 2.93. The highest BCUT2D eigenvalue weighted by molar-refractivity contribution is 5.85. The Bertz CT molecular complexity index is 479. The fraction of sp³-hybridized carbons (Fsp3) is 0.588. The normalized spacial score (nSPS) is 18.7. The summed E-state index contributed by atoms with van der Waals surface area (Å²) >= 11 is 0. The first-order chi connectivity index (χ1) is 10.1. The van der Waals surface area contributed by atoms with Crippen LogP contribution in [-0.2, 0) is 11.2 Å². The lowest BCUT2D eigenvalue weighted by Gasteiger charge is -2.26. The molecule has 0 bridgehead atoms. The zero-order valence-corrected chi connectivity index (χ0v) is 14.3. The molecule has 124 valence electrons. The predicted octanol–water partition coefficient (Wildman–Crippen LogP) is 2.78. The largest absolute Gasteiger partial charge is 0.496 e. The number of carbonyl (C=O) groups excluding carboxylic acids is 1. The van der Waals surface area contributed by atoms with Crippen molar-refractivity contribution in [2.24, 2.45) is 5.73 Å². The van der Waals surface area contributed by atoms with Gasteiger partial charge < -0.3 is 15.4 Å². The van der Waals surface area contributed by atoms with Crippen molar-refractivity contribution in [1.82, 2.24) is 4.90 Å². The molecule has 0 radical (unpaired) electrons. The summed E-state index contributed by atoms with van der Waals surface area (Å²) in [4.78, 5) is 14.4. The van der Waals surface area contributed by atoms with Gasteiger partial charge >= 0.3 is 0 Å². The Balaban J connectivity index is 0.00000242. The molecule has 4 nitrogen and oxygen atoms in total. The van der Waals surface area contributed by atoms with Crippen molar-refractivity contribution in [2.45, 2.75) is 51.1 Å². The fourth-order valence-electron chi connectivity index (χ4n) is 3.00. The standard InChI is InChI=1S/C17H26N2O2.ClH/c1-13(18)9-10-17(20)19-11-5-7-15(19)12-14-6-3-4-8-16(14)21-2;/h3-4,6,8,13,15H,5,7,9-12,18H2,1-2H3;1H. The summed E-state index contributed by atoms with van der Waals surface area (Å²) in [6.45, 7) is 2.82. The lowest BCUT2D eigenvalue weighted by molar-refractivity contribution is -0.132. The van der Waals surface area contributed by atoms with E-state index in [4.69, 9.17) is 10.5 Å². The first-order valence-corrected chi connectivity index (χ1v) is 7.78. The third-order valence-corrected chi connectivity index (χ3v) is 4.16. The zero-order valence-electron chi connectivity index (χ0n) is 13.5. The van der Waals surface area contributed by atoms with Crippen LogP contribution in [0, 0.1) is 0 Å². The summed E-state index contributed by atoms with van der Waals surface area (Å²) in [5.74, 6) is 1.15. The summed E-state index contributed by atoms with van der Waals surface area (Å²) in [6.07, 6.45) is 4.34. The van der Waals surface area contributed by atoms with E-state index in [1.54, 1.807) is 7.11 Å². The van der Waals surface area contributed by atoms with Crippen molar-refractivity contribution in [3.05, 3.63) is 29.8 Å². The van der Waals surface area contributed by atoms with Gasteiger partial charge in [0.05, 0.1) is 7.11 Å². The molecule has 1 aromatic carbocycles. The van der Waals surface area contributed by atoms with Crippen molar-refractivity contribution >= 4 is 18.3 Å². The van der Waals surface area contributed by atoms with E-state index in [0.29, 0.717) is 12.5 Å². The number of methoxy groups -OCH3 is 1. The number of para-hydroxylation sites is 1. The highest BCUT2D eigenvalue weighted by Crippen LogP contribution is 2.26. The molecule has 1 saturated heterocycles. The number of hydrogen-bond acceptors (Lipinski definition) is 3. The Morgan fingerprint density at radius 2 is 2.18 bits per heavy atom. The van der Waals surface area contributed by atoms with E-state index in [9.17, 15) is 4.79 Å². The van der Waals surface area contributed by atoms with Crippen LogP contribution in [0.4, 0.5) is 0 Å². The van der Waals surface area contributed by atoms with E-state index >= 15 is 0 Å². The Morgan fingerprint density at radius 3 is 2.86 bits per heavy atom. The van der Waals surface area contributed by atoms with Gasteiger partial charge in [-0.25, -0.2) is 0 Å². The molecule has 2 N–H and O–H groups in total. The first-order valence-electron chi connectivity index (χ1n) is 7.78. The van der Waals surface area contributed by atoms with Crippen LogP contribution in [0.2, 0.25) is 0 Å². The number of amides is 1. The molecule has 1 aliphatic heterocycles. The number of benzene rings is 1. The smallest absolute Gasteiger partial charge is 0.222 e. The van der Waals surface area contributed by atoms with Gasteiger partial charge in [0.2, 0.25) is 5.91 Å². The fourth-order valence-corrected chi connectivity index (χ4v) is 3.00. The minimum atomic E-state index is 0. The van der Waals surface area contributed by atoms with Gasteiger partial charge in [-0.05, 0) is 44.2 Å². The lowest BCUT2D eigenvalue weighted by atomic mass is 10.0. The van der Waals surface area contributed by atoms with Crippen LogP contribution in [0.1, 0.15) is 38.2 Å². The van der Waals surface area contributed by atoms with Crippen LogP contribution in [0.15, 0.2) is 24.3 Å². The van der Waals surface area contributed by atoms with Crippen LogP contribution in [0.5, 0.6) is 5.75 Å². The number of hydrogen-bond donors (Lipinski definition) is 1. The lowest BCUT2D eigenvalue weighted by Crippen LogP contribution is -2.37. The van der Waals surface area contributed by atoms with Crippen LogP contribution >= 0.6 is 12.4 Å². The maximum Gasteiger partial charge on any atom is 0.222 e. The van der Waals surface area contributed by atoms with Gasteiger partial charge in [0.15, 0.2) is 0 Å². The van der Waals surface area contributed by atoms with E-state index in [-0.39, 0.29) is 24.4 Å². The number of nitrogens with two attached hydrogens (primary N) is 1. The van der Waals surface area contributed by atoms with Gasteiger partial charge in [-0.1, -0.05) is 18.2 Å². The molecule has 0 saturated carbocycles. The second-order valence-electron chi connectivity index (χ2n) is 5.92. The topological polar surface area (TPSA) is 55.6 Å². The molecule has 0 aromatic heterocycles. The minimum absolute atomic E-state index is 0. The van der Waals surface area contributed by atoms with Gasteiger partial charge in [-0.15, -0.1) is 12.4 Å². The zero-order chi connectivity index (χ0) is 15.2. The van der Waals surface area contributed by atoms with E-state index in [0.717, 1.165) is 38.0 Å². The third-order valence-electron chi connectivity index (χ3n) is 4.16. The molecule has 1 aromatic rings. The number of ether oxygens (including phenoxy) is 1. The van der Waals surface area contributed by atoms with Crippen LogP contribution in [0.3, 0.4) is 0 Å². The highest BCUT2D eigenvalue weighted by atomic mass is 35.5. The van der Waals surface area contributed by atoms with Gasteiger partial charge in [0.1, 0.15) is 5.75 Å². The minimum Gasteiger partial charge on any atom is -0.496 e. The molecule has 1 heterocycles. The molecule has 1 aliphatic rings. The van der Waals surface area contributed by atoms with E-state index in [1.165, 1.54) is 5.56 Å². The van der Waals surface area contributed by atoms with Crippen molar-refractivity contribution in [3.8, 4) is 5.75 Å². The molecule has 2 unspecified atom stereocenters. The van der Waals surface area contributed by atoms with Crippen LogP contribution in [-0.4, -0.2) is 36.5 Å². The molecule has 22 heavy (non-hydrogen) atoms. The quantitative estimate of drug-likeness (QED) is 0.874. The number of halogens is 1. The molecule has 0 spiro atoms. The summed E-state index contributed by atoms with van der Waals surface area (Å²) in [6, 6.07) is 8.44. The second-order valence-corrected chi connectivity index (χ2v) is 5.92. The summed E-state index contributed by atoms with van der Waals surface area (Å²) < 4.78 is 5.41. The van der Waals surface area contributed by atoms with Gasteiger partial charge in [0.25, 0.3) is 0 Å². The molecule has 5 heteroatoms. The average molecular weight is 327 g/mol. The number of carbonyl (C=O) groups is 1. The number of rotatable bonds is 6. The summed E-state index contributed by atoms with van der Waals surface area (Å²) in [5.41, 5.74) is 6.93. The van der Waals surface area contributed by atoms with Crippen molar-refractivity contribution in [1.29, 1.82) is 0 Å². The summed E-state index contributed by atoms with van der Waals surface area (Å²) in [5, 5.41) is 0. The van der Waals surface area contributed by atoms with Gasteiger partial charge in [-0.2, -0.15) is 0 Å². The Kier molecular flexibility index (Phi) is 7.69. The number of likely N-dealkylation sites (tertiary alicyclic amines) is 1. The van der Waals surface area contributed by atoms with Crippen molar-refractivity contribution < 1.29 is 9.53 Å². The molecular weight excluding hydrogens is 300 g/mol. The molecule has 2 rings (SSSR count). The van der Waals surface area contributed by atoms with Crippen molar-refractivity contribution in [3.63, 3.8) is 0 Å². The maximum atomic E-state index is 12.3. The SMILES string of the molecule is COc1ccccc1CC1CCCN1C(=O)CCC(C)N.Cl. The van der Waals surface area contributed by atoms with E-state index in [2.05, 4.69) is 6.07 Å². The Morgan fingerprint density at radius 1 is 1.45 bits per heavy atom. The molecule has 1 fully saturated rings. The van der Waals surface area contributed by atoms with E-state index < -0.39 is 0 Å². The molecule has 2 atom stereocenters. The Hall–Kier alpha value is -1.26. The first kappa shape index (κ1) is 18.8. The van der Waals surface area contributed by atoms with Gasteiger partial charge in [0, 0.05) is 25.0 Å². The van der Waals surface area contributed by atoms with Crippen LogP contribution in [0.25, 0.3) is 0 Å². The highest BCUT2D eigenvalue weighted by Gasteiger charge is 2.29. The van der Waals surface area contributed by atoms with Crippen LogP contribution < -0.4 is 10.5 Å². The number of nitrogens with zero attached hydrogens (tertiary/aromatic N) is 1. The molecule has 0 aliphatic carbocycles. The third kappa shape index (κ3) is 4.89. The molecular formula is C17H27ClN2O2. The van der Waals surface area contributed by atoms with Gasteiger partial charge in [-0.3, -0.25) is 4.79 Å². The second kappa shape index (κ2) is 9.01. The molecule has 1 amide bonds. The summed E-state index contributed by atoms with van der Waals surface area (Å²) in [7, 11) is 1.69. The van der Waals surface area contributed by atoms with E-state index in [1.807, 2.05) is 30.0 Å².